The molecule has 0 atom stereocenters. The molecule has 0 amide bonds. The predicted octanol–water partition coefficient (Wildman–Crippen LogP) is 0.369. The quantitative estimate of drug-likeness (QED) is 0.580. The van der Waals surface area contributed by atoms with Crippen LogP contribution in [0.2, 0.25) is 0 Å². The first-order valence-corrected chi connectivity index (χ1v) is 9.87. The third kappa shape index (κ3) is 12.7. The zero-order chi connectivity index (χ0) is 20.5. The number of rotatable bonds is 8. The third-order valence-electron chi connectivity index (χ3n) is 2.53. The number of benzene rings is 1. The molecule has 26 heavy (non-hydrogen) atoms. The average Bonchev–Trinajstić information content (AvgIpc) is 2.65. The van der Waals surface area contributed by atoms with Crippen LogP contribution in [0, 0.1) is 0 Å². The van der Waals surface area contributed by atoms with E-state index in [1.807, 2.05) is 0 Å². The van der Waals surface area contributed by atoms with Crippen molar-refractivity contribution in [2.75, 3.05) is 42.7 Å². The molecule has 0 heterocycles. The monoisotopic (exact) mass is 410 g/mol. The van der Waals surface area contributed by atoms with Crippen LogP contribution >= 0.6 is 0 Å². The van der Waals surface area contributed by atoms with Crippen molar-refractivity contribution in [3.8, 4) is 0 Å². The molecule has 1 rings (SSSR count). The normalized spacial score (nSPS) is 9.85. The van der Waals surface area contributed by atoms with Gasteiger partial charge in [0.15, 0.2) is 0 Å². The maximum atomic E-state index is 10.3. The fraction of sp³-hybridized carbons (Fsp3) is 0.429. The lowest BCUT2D eigenvalue weighted by molar-refractivity contribution is 0.0681. The number of carboxylic acids is 2. The van der Waals surface area contributed by atoms with E-state index in [0.29, 0.717) is 0 Å². The van der Waals surface area contributed by atoms with E-state index in [1.165, 1.54) is 24.3 Å². The summed E-state index contributed by atoms with van der Waals surface area (Å²) >= 11 is 0. The number of hydrogen-bond acceptors (Lipinski definition) is 8. The van der Waals surface area contributed by atoms with Gasteiger partial charge in [-0.1, -0.05) is 0 Å². The van der Waals surface area contributed by atoms with Gasteiger partial charge in [-0.25, -0.2) is 9.59 Å². The summed E-state index contributed by atoms with van der Waals surface area (Å²) in [5, 5.41) is 16.9. The Morgan fingerprint density at radius 3 is 0.885 bits per heavy atom. The average molecular weight is 411 g/mol. The molecule has 0 radical (unpaired) electrons. The third-order valence-corrected chi connectivity index (χ3v) is 4.84. The van der Waals surface area contributed by atoms with Gasteiger partial charge in [0.2, 0.25) is 0 Å². The molecular formula is C14H26O10Si2. The molecule has 150 valence electrons. The Bertz CT molecular complexity index is 433. The molecule has 0 fully saturated rings. The van der Waals surface area contributed by atoms with Crippen molar-refractivity contribution >= 4 is 31.0 Å². The van der Waals surface area contributed by atoms with Gasteiger partial charge in [-0.3, -0.25) is 0 Å². The summed E-state index contributed by atoms with van der Waals surface area (Å²) in [4.78, 5) is 20.7. The van der Waals surface area contributed by atoms with Crippen molar-refractivity contribution in [1.82, 2.24) is 0 Å². The smallest absolute Gasteiger partial charge is 0.478 e. The van der Waals surface area contributed by atoms with Gasteiger partial charge < -0.3 is 36.8 Å². The van der Waals surface area contributed by atoms with Crippen molar-refractivity contribution in [2.24, 2.45) is 0 Å². The van der Waals surface area contributed by atoms with Crippen LogP contribution in [-0.4, -0.2) is 83.9 Å². The first kappa shape index (κ1) is 26.6. The van der Waals surface area contributed by atoms with Crippen LogP contribution in [0.15, 0.2) is 24.3 Å². The molecule has 12 heteroatoms. The Hall–Kier alpha value is -1.65. The van der Waals surface area contributed by atoms with Gasteiger partial charge in [0.25, 0.3) is 0 Å². The fourth-order valence-corrected chi connectivity index (χ4v) is 2.49. The molecule has 0 spiro atoms. The molecule has 0 bridgehead atoms. The van der Waals surface area contributed by atoms with E-state index in [0.717, 1.165) is 0 Å². The summed E-state index contributed by atoms with van der Waals surface area (Å²) in [6, 6.07) is 5.02. The van der Waals surface area contributed by atoms with Gasteiger partial charge >= 0.3 is 31.0 Å². The highest BCUT2D eigenvalue weighted by Crippen LogP contribution is 2.03. The van der Waals surface area contributed by atoms with Crippen molar-refractivity contribution < 1.29 is 46.4 Å². The Kier molecular flexibility index (Phi) is 17.2. The zero-order valence-corrected chi connectivity index (χ0v) is 17.9. The summed E-state index contributed by atoms with van der Waals surface area (Å²) in [6.45, 7) is 0. The number of carbonyl (C=O) groups is 2. The molecule has 0 aromatic heterocycles. The molecule has 0 saturated heterocycles. The lowest BCUT2D eigenvalue weighted by Crippen LogP contribution is -2.21. The molecule has 10 nitrogen and oxygen atoms in total. The number of hydrogen-bond donors (Lipinski definition) is 2. The van der Waals surface area contributed by atoms with E-state index >= 15 is 0 Å². The Labute approximate surface area is 156 Å². The van der Waals surface area contributed by atoms with E-state index in [1.54, 1.807) is 42.7 Å². The standard InChI is InChI=1S/C8H6O4.2C3H10O3Si/c9-7(10)5-1-2-6(4-3-5)8(11)12;2*1-4-7(5-2)6-3/h1-4H,(H,9,10)(H,11,12);2*7H,1-3H3. The van der Waals surface area contributed by atoms with E-state index in [4.69, 9.17) is 36.8 Å². The maximum Gasteiger partial charge on any atom is 0.483 e. The van der Waals surface area contributed by atoms with Crippen LogP contribution in [0.4, 0.5) is 0 Å². The lowest BCUT2D eigenvalue weighted by Gasteiger charge is -2.05. The van der Waals surface area contributed by atoms with E-state index in [-0.39, 0.29) is 11.1 Å². The summed E-state index contributed by atoms with van der Waals surface area (Å²) in [6.07, 6.45) is 0. The van der Waals surface area contributed by atoms with Crippen LogP contribution in [0.25, 0.3) is 0 Å². The highest BCUT2D eigenvalue weighted by Gasteiger charge is 2.06. The first-order valence-electron chi connectivity index (χ1n) is 7.04. The summed E-state index contributed by atoms with van der Waals surface area (Å²) in [5.74, 6) is -2.13. The molecule has 0 aliphatic carbocycles. The Morgan fingerprint density at radius 2 is 0.808 bits per heavy atom. The lowest BCUT2D eigenvalue weighted by atomic mass is 10.1. The van der Waals surface area contributed by atoms with Crippen molar-refractivity contribution in [3.63, 3.8) is 0 Å². The summed E-state index contributed by atoms with van der Waals surface area (Å²) in [7, 11) is 6.10. The van der Waals surface area contributed by atoms with Gasteiger partial charge in [0, 0.05) is 42.7 Å². The topological polar surface area (TPSA) is 130 Å². The van der Waals surface area contributed by atoms with Gasteiger partial charge in [0.1, 0.15) is 0 Å². The van der Waals surface area contributed by atoms with Crippen molar-refractivity contribution in [1.29, 1.82) is 0 Å². The predicted molar refractivity (Wildman–Crippen MR) is 96.7 cm³/mol. The van der Waals surface area contributed by atoms with Crippen LogP contribution in [0.3, 0.4) is 0 Å². The van der Waals surface area contributed by atoms with Crippen LogP contribution < -0.4 is 0 Å². The highest BCUT2D eigenvalue weighted by molar-refractivity contribution is 6.36. The minimum absolute atomic E-state index is 0.0833. The molecule has 0 aliphatic heterocycles. The second kappa shape index (κ2) is 16.8. The van der Waals surface area contributed by atoms with E-state index in [2.05, 4.69) is 0 Å². The van der Waals surface area contributed by atoms with Crippen molar-refractivity contribution in [2.45, 2.75) is 0 Å². The largest absolute Gasteiger partial charge is 0.483 e. The van der Waals surface area contributed by atoms with E-state index < -0.39 is 31.0 Å². The SMILES string of the molecule is CO[SiH](OC)OC.CO[SiH](OC)OC.O=C(O)c1ccc(C(=O)O)cc1. The molecule has 0 aliphatic rings. The summed E-state index contributed by atoms with van der Waals surface area (Å²) < 4.78 is 28.5. The van der Waals surface area contributed by atoms with Crippen LogP contribution in [0.1, 0.15) is 20.7 Å². The minimum Gasteiger partial charge on any atom is -0.478 e. The van der Waals surface area contributed by atoms with Crippen molar-refractivity contribution in [3.05, 3.63) is 35.4 Å². The second-order valence-corrected chi connectivity index (χ2v) is 8.16. The van der Waals surface area contributed by atoms with Crippen LogP contribution in [0.5, 0.6) is 0 Å². The van der Waals surface area contributed by atoms with Gasteiger partial charge in [-0.15, -0.1) is 0 Å². The second-order valence-electron chi connectivity index (χ2n) is 4.18. The minimum atomic E-state index is -1.67. The molecule has 1 aromatic carbocycles. The van der Waals surface area contributed by atoms with Gasteiger partial charge in [0.05, 0.1) is 11.1 Å². The van der Waals surface area contributed by atoms with Crippen LogP contribution in [-0.2, 0) is 26.6 Å². The molecule has 1 aromatic rings. The van der Waals surface area contributed by atoms with Gasteiger partial charge in [-0.2, -0.15) is 0 Å². The van der Waals surface area contributed by atoms with Gasteiger partial charge in [-0.05, 0) is 24.3 Å². The Morgan fingerprint density at radius 1 is 0.615 bits per heavy atom. The Balaban J connectivity index is 0. The maximum absolute atomic E-state index is 10.3. The molecule has 0 unspecified atom stereocenters. The number of aromatic carboxylic acids is 2. The molecule has 2 N–H and O–H groups in total. The fourth-order valence-electron chi connectivity index (χ4n) is 1.33. The highest BCUT2D eigenvalue weighted by atomic mass is 28.3. The summed E-state index contributed by atoms with van der Waals surface area (Å²) in [5.41, 5.74) is 0.167. The first-order chi connectivity index (χ1) is 12.3. The number of carboxylic acid groups (broad SMARTS) is 2. The molecule has 0 saturated carbocycles. The zero-order valence-electron chi connectivity index (χ0n) is 15.6. The van der Waals surface area contributed by atoms with E-state index in [9.17, 15) is 9.59 Å². The molecular weight excluding hydrogens is 384 g/mol.